The van der Waals surface area contributed by atoms with Gasteiger partial charge in [-0.05, 0) is 54.2 Å². The van der Waals surface area contributed by atoms with Crippen LogP contribution in [0.4, 0.5) is 5.69 Å². The zero-order chi connectivity index (χ0) is 19.0. The van der Waals surface area contributed by atoms with Crippen LogP contribution < -0.4 is 5.73 Å². The molecule has 0 atom stereocenters. The van der Waals surface area contributed by atoms with Gasteiger partial charge in [0, 0.05) is 18.5 Å². The minimum atomic E-state index is 0.0897. The Bertz CT molecular complexity index is 562. The Balaban J connectivity index is 1.65. The van der Waals surface area contributed by atoms with E-state index in [-0.39, 0.29) is 5.41 Å². The van der Waals surface area contributed by atoms with Crippen LogP contribution in [0.1, 0.15) is 103 Å². The zero-order valence-corrected chi connectivity index (χ0v) is 17.3. The lowest BCUT2D eigenvalue weighted by atomic mass is 9.85. The molecule has 1 saturated carbocycles. The van der Waals surface area contributed by atoms with Crippen molar-refractivity contribution < 1.29 is 4.79 Å². The molecule has 0 amide bonds. The van der Waals surface area contributed by atoms with Gasteiger partial charge in [-0.15, -0.1) is 0 Å². The van der Waals surface area contributed by atoms with Gasteiger partial charge in [-0.1, -0.05) is 71.4 Å². The molecular formula is C24H39NO. The molecule has 146 valence electrons. The van der Waals surface area contributed by atoms with Gasteiger partial charge < -0.3 is 5.73 Å². The van der Waals surface area contributed by atoms with Crippen LogP contribution in [0.15, 0.2) is 18.2 Å². The fourth-order valence-electron chi connectivity index (χ4n) is 4.24. The van der Waals surface area contributed by atoms with E-state index >= 15 is 0 Å². The van der Waals surface area contributed by atoms with Crippen molar-refractivity contribution in [1.29, 1.82) is 0 Å². The molecule has 2 nitrogen and oxygen atoms in total. The maximum absolute atomic E-state index is 12.2. The lowest BCUT2D eigenvalue weighted by molar-refractivity contribution is -0.119. The summed E-state index contributed by atoms with van der Waals surface area (Å²) < 4.78 is 0. The Morgan fingerprint density at radius 2 is 1.73 bits per heavy atom. The van der Waals surface area contributed by atoms with Crippen molar-refractivity contribution in [3.05, 3.63) is 29.3 Å². The van der Waals surface area contributed by atoms with Crippen molar-refractivity contribution in [3.8, 4) is 0 Å². The number of nitrogens with two attached hydrogens (primary N) is 1. The Morgan fingerprint density at radius 3 is 2.35 bits per heavy atom. The van der Waals surface area contributed by atoms with Crippen LogP contribution in [-0.2, 0) is 16.6 Å². The number of benzene rings is 1. The summed E-state index contributed by atoms with van der Waals surface area (Å²) in [5, 5.41) is 0. The lowest BCUT2D eigenvalue weighted by Crippen LogP contribution is -2.14. The summed E-state index contributed by atoms with van der Waals surface area (Å²) in [5.74, 6) is 1.28. The third-order valence-electron chi connectivity index (χ3n) is 5.90. The number of nitrogen functional groups attached to an aromatic ring is 1. The van der Waals surface area contributed by atoms with Gasteiger partial charge in [-0.2, -0.15) is 0 Å². The number of ketones is 1. The lowest BCUT2D eigenvalue weighted by Gasteiger charge is -2.21. The van der Waals surface area contributed by atoms with Crippen LogP contribution in [0.2, 0.25) is 0 Å². The predicted molar refractivity (Wildman–Crippen MR) is 113 cm³/mol. The van der Waals surface area contributed by atoms with Crippen LogP contribution in [0, 0.1) is 5.92 Å². The Kier molecular flexibility index (Phi) is 8.18. The van der Waals surface area contributed by atoms with E-state index in [0.29, 0.717) is 5.78 Å². The van der Waals surface area contributed by atoms with Gasteiger partial charge in [0.2, 0.25) is 0 Å². The molecule has 2 N–H and O–H groups in total. The highest BCUT2D eigenvalue weighted by molar-refractivity contribution is 5.78. The SMILES string of the molecule is CC(C)(C)c1ccc(CCCCC(=O)CCC2CCCCCC2)cc1N. The molecule has 2 rings (SSSR count). The molecule has 0 radical (unpaired) electrons. The van der Waals surface area contributed by atoms with Crippen molar-refractivity contribution in [2.75, 3.05) is 5.73 Å². The largest absolute Gasteiger partial charge is 0.398 e. The number of carbonyl (C=O) groups excluding carboxylic acids is 1. The highest BCUT2D eigenvalue weighted by Crippen LogP contribution is 2.29. The molecule has 1 aliphatic carbocycles. The van der Waals surface area contributed by atoms with E-state index in [0.717, 1.165) is 50.1 Å². The number of hydrogen-bond donors (Lipinski definition) is 1. The summed E-state index contributed by atoms with van der Waals surface area (Å²) >= 11 is 0. The van der Waals surface area contributed by atoms with Gasteiger partial charge in [-0.3, -0.25) is 4.79 Å². The summed E-state index contributed by atoms with van der Waals surface area (Å²) in [6.45, 7) is 6.58. The highest BCUT2D eigenvalue weighted by Gasteiger charge is 2.17. The molecule has 0 aliphatic heterocycles. The van der Waals surface area contributed by atoms with Gasteiger partial charge in [0.25, 0.3) is 0 Å². The zero-order valence-electron chi connectivity index (χ0n) is 17.3. The third kappa shape index (κ3) is 7.13. The molecular weight excluding hydrogens is 318 g/mol. The molecule has 0 saturated heterocycles. The van der Waals surface area contributed by atoms with Crippen LogP contribution in [-0.4, -0.2) is 5.78 Å². The van der Waals surface area contributed by atoms with Gasteiger partial charge in [-0.25, -0.2) is 0 Å². The maximum Gasteiger partial charge on any atom is 0.132 e. The predicted octanol–water partition coefficient (Wildman–Crippen LogP) is 6.60. The summed E-state index contributed by atoms with van der Waals surface area (Å²) in [5.41, 5.74) is 9.73. The first-order valence-electron chi connectivity index (χ1n) is 10.8. The van der Waals surface area contributed by atoms with Crippen molar-refractivity contribution in [1.82, 2.24) is 0 Å². The fraction of sp³-hybridized carbons (Fsp3) is 0.708. The number of unbranched alkanes of at least 4 members (excludes halogenated alkanes) is 1. The molecule has 0 spiro atoms. The van der Waals surface area contributed by atoms with Crippen LogP contribution in [0.5, 0.6) is 0 Å². The molecule has 0 bridgehead atoms. The number of hydrogen-bond acceptors (Lipinski definition) is 2. The number of rotatable bonds is 8. The molecule has 2 heteroatoms. The number of anilines is 1. The fourth-order valence-corrected chi connectivity index (χ4v) is 4.24. The highest BCUT2D eigenvalue weighted by atomic mass is 16.1. The summed E-state index contributed by atoms with van der Waals surface area (Å²) in [4.78, 5) is 12.2. The van der Waals surface area contributed by atoms with Gasteiger partial charge in [0.15, 0.2) is 0 Å². The van der Waals surface area contributed by atoms with Crippen molar-refractivity contribution in [2.24, 2.45) is 5.92 Å². The van der Waals surface area contributed by atoms with Gasteiger partial charge in [0.05, 0.1) is 0 Å². The Morgan fingerprint density at radius 1 is 1.04 bits per heavy atom. The third-order valence-corrected chi connectivity index (χ3v) is 5.90. The van der Waals surface area contributed by atoms with Gasteiger partial charge >= 0.3 is 0 Å². The van der Waals surface area contributed by atoms with Crippen molar-refractivity contribution in [3.63, 3.8) is 0 Å². The quantitative estimate of drug-likeness (QED) is 0.323. The number of aryl methyl sites for hydroxylation is 1. The Hall–Kier alpha value is -1.31. The monoisotopic (exact) mass is 357 g/mol. The first-order valence-corrected chi connectivity index (χ1v) is 10.8. The first kappa shape index (κ1) is 21.0. The minimum absolute atomic E-state index is 0.0897. The van der Waals surface area contributed by atoms with E-state index in [1.54, 1.807) is 0 Å². The molecule has 26 heavy (non-hydrogen) atoms. The van der Waals surface area contributed by atoms with E-state index in [4.69, 9.17) is 5.73 Å². The minimum Gasteiger partial charge on any atom is -0.398 e. The van der Waals surface area contributed by atoms with Crippen molar-refractivity contribution >= 4 is 11.5 Å². The van der Waals surface area contributed by atoms with E-state index in [1.165, 1.54) is 49.7 Å². The number of carbonyl (C=O) groups is 1. The van der Waals surface area contributed by atoms with E-state index in [1.807, 2.05) is 0 Å². The second-order valence-electron chi connectivity index (χ2n) is 9.31. The average molecular weight is 358 g/mol. The second kappa shape index (κ2) is 10.1. The molecule has 1 aliphatic rings. The van der Waals surface area contributed by atoms with Gasteiger partial charge in [0.1, 0.15) is 5.78 Å². The standard InChI is InChI=1S/C24H39NO/c1-24(2,3)22-17-15-20(18-23(22)25)12-8-9-13-21(26)16-14-19-10-6-4-5-7-11-19/h15,17-19H,4-14,16,25H2,1-3H3. The normalized spacial score (nSPS) is 16.4. The van der Waals surface area contributed by atoms with Crippen LogP contribution in [0.3, 0.4) is 0 Å². The van der Waals surface area contributed by atoms with Crippen LogP contribution in [0.25, 0.3) is 0 Å². The molecule has 1 aromatic rings. The number of Topliss-reactive ketones (excluding diaryl/α,β-unsaturated/α-hetero) is 1. The Labute approximate surface area is 160 Å². The second-order valence-corrected chi connectivity index (χ2v) is 9.31. The van der Waals surface area contributed by atoms with E-state index in [2.05, 4.69) is 39.0 Å². The summed E-state index contributed by atoms with van der Waals surface area (Å²) in [7, 11) is 0. The molecule has 0 heterocycles. The van der Waals surface area contributed by atoms with E-state index in [9.17, 15) is 4.79 Å². The van der Waals surface area contributed by atoms with E-state index < -0.39 is 0 Å². The summed E-state index contributed by atoms with van der Waals surface area (Å²) in [6.07, 6.45) is 14.0. The molecule has 0 unspecified atom stereocenters. The first-order chi connectivity index (χ1) is 12.4. The maximum atomic E-state index is 12.2. The smallest absolute Gasteiger partial charge is 0.132 e. The molecule has 0 aromatic heterocycles. The van der Waals surface area contributed by atoms with Crippen molar-refractivity contribution in [2.45, 2.75) is 103 Å². The molecule has 1 fully saturated rings. The topological polar surface area (TPSA) is 43.1 Å². The average Bonchev–Trinajstić information content (AvgIpc) is 2.84. The molecule has 1 aromatic carbocycles. The van der Waals surface area contributed by atoms with Crippen LogP contribution >= 0.6 is 0 Å². The summed E-state index contributed by atoms with van der Waals surface area (Å²) in [6, 6.07) is 6.49.